The topological polar surface area (TPSA) is 83.5 Å². The standard InChI is InChI=1S/C24H30N4O4S/c1-16-5-4-6-18(13-16)22-21(23(30)31-3)17(2)26-24-28(22)19(15-33-24)14-20(29)25-7-8-27-9-11-32-12-10-27/h4-6,13,15,22H,7-12,14H2,1-3H3,(H,25,29). The number of aryl methyl sites for hydroxylation is 1. The Kier molecular flexibility index (Phi) is 7.52. The molecular formula is C24H30N4O4S. The van der Waals surface area contributed by atoms with Crippen LogP contribution in [0, 0.1) is 6.92 Å². The molecule has 0 radical (unpaired) electrons. The van der Waals surface area contributed by atoms with Crippen LogP contribution in [0.25, 0.3) is 0 Å². The summed E-state index contributed by atoms with van der Waals surface area (Å²) in [5, 5.41) is 5.75. The second-order valence-electron chi connectivity index (χ2n) is 8.28. The van der Waals surface area contributed by atoms with Crippen LogP contribution < -0.4 is 5.32 Å². The first kappa shape index (κ1) is 23.5. The Bertz CT molecular complexity index is 1010. The maximum absolute atomic E-state index is 12.8. The average molecular weight is 471 g/mol. The summed E-state index contributed by atoms with van der Waals surface area (Å²) in [4.78, 5) is 34.5. The van der Waals surface area contributed by atoms with Crippen LogP contribution in [0.5, 0.6) is 0 Å². The maximum atomic E-state index is 12.8. The number of methoxy groups -OCH3 is 1. The number of thioether (sulfide) groups is 1. The van der Waals surface area contributed by atoms with Gasteiger partial charge in [0.15, 0.2) is 5.17 Å². The van der Waals surface area contributed by atoms with Crippen molar-refractivity contribution in [2.75, 3.05) is 46.5 Å². The fourth-order valence-electron chi connectivity index (χ4n) is 4.30. The van der Waals surface area contributed by atoms with E-state index in [1.165, 1.54) is 18.9 Å². The number of hydrogen-bond donors (Lipinski definition) is 1. The smallest absolute Gasteiger partial charge is 0.338 e. The fraction of sp³-hybridized carbons (Fsp3) is 0.458. The van der Waals surface area contributed by atoms with Gasteiger partial charge in [-0.1, -0.05) is 41.6 Å². The highest BCUT2D eigenvalue weighted by Crippen LogP contribution is 2.44. The van der Waals surface area contributed by atoms with E-state index in [1.54, 1.807) is 0 Å². The number of fused-ring (bicyclic) bond motifs is 1. The van der Waals surface area contributed by atoms with Crippen LogP contribution in [0.4, 0.5) is 0 Å². The lowest BCUT2D eigenvalue weighted by molar-refractivity contribution is -0.136. The number of nitrogens with one attached hydrogen (secondary N) is 1. The van der Waals surface area contributed by atoms with Gasteiger partial charge in [0.05, 0.1) is 44.1 Å². The van der Waals surface area contributed by atoms with Crippen LogP contribution >= 0.6 is 11.8 Å². The molecule has 0 aromatic heterocycles. The summed E-state index contributed by atoms with van der Waals surface area (Å²) in [6.07, 6.45) is 0.213. The van der Waals surface area contributed by atoms with Gasteiger partial charge in [-0.15, -0.1) is 0 Å². The zero-order chi connectivity index (χ0) is 23.4. The third-order valence-electron chi connectivity index (χ3n) is 5.96. The van der Waals surface area contributed by atoms with Crippen molar-refractivity contribution in [3.63, 3.8) is 0 Å². The van der Waals surface area contributed by atoms with Crippen molar-refractivity contribution in [1.29, 1.82) is 0 Å². The van der Waals surface area contributed by atoms with E-state index in [0.29, 0.717) is 17.8 Å². The molecular weight excluding hydrogens is 440 g/mol. The molecule has 1 N–H and O–H groups in total. The number of nitrogens with zero attached hydrogens (tertiary/aromatic N) is 3. The second kappa shape index (κ2) is 10.5. The lowest BCUT2D eigenvalue weighted by atomic mass is 9.93. The lowest BCUT2D eigenvalue weighted by Crippen LogP contribution is -2.42. The van der Waals surface area contributed by atoms with Gasteiger partial charge in [-0.2, -0.15) is 0 Å². The first-order valence-electron chi connectivity index (χ1n) is 11.1. The number of carbonyl (C=O) groups is 2. The van der Waals surface area contributed by atoms with Gasteiger partial charge in [-0.05, 0) is 24.8 Å². The molecule has 1 aromatic rings. The highest BCUT2D eigenvalue weighted by molar-refractivity contribution is 8.16. The summed E-state index contributed by atoms with van der Waals surface area (Å²) in [5.41, 5.74) is 4.01. The Balaban J connectivity index is 1.51. The molecule has 9 heteroatoms. The highest BCUT2D eigenvalue weighted by Gasteiger charge is 2.40. The predicted molar refractivity (Wildman–Crippen MR) is 128 cm³/mol. The van der Waals surface area contributed by atoms with Gasteiger partial charge in [0.1, 0.15) is 0 Å². The van der Waals surface area contributed by atoms with Crippen molar-refractivity contribution in [3.8, 4) is 0 Å². The van der Waals surface area contributed by atoms with Gasteiger partial charge in [0.25, 0.3) is 0 Å². The molecule has 3 aliphatic heterocycles. The van der Waals surface area contributed by atoms with Gasteiger partial charge in [-0.3, -0.25) is 9.69 Å². The summed E-state index contributed by atoms with van der Waals surface area (Å²) in [6, 6.07) is 7.66. The molecule has 1 unspecified atom stereocenters. The number of amidine groups is 1. The van der Waals surface area contributed by atoms with Crippen LogP contribution in [0.15, 0.2) is 51.6 Å². The minimum Gasteiger partial charge on any atom is -0.466 e. The van der Waals surface area contributed by atoms with Crippen LogP contribution in [0.3, 0.4) is 0 Å². The van der Waals surface area contributed by atoms with Crippen molar-refractivity contribution in [2.24, 2.45) is 4.99 Å². The van der Waals surface area contributed by atoms with Crippen LogP contribution in [0.1, 0.15) is 30.5 Å². The SMILES string of the molecule is COC(=O)C1=C(C)N=C2SC=C(CC(=O)NCCN3CCOCC3)N2C1c1cccc(C)c1. The van der Waals surface area contributed by atoms with Crippen molar-refractivity contribution in [2.45, 2.75) is 26.3 Å². The number of aliphatic imine (C=N–C) groups is 1. The number of amides is 1. The first-order chi connectivity index (χ1) is 16.0. The van der Waals surface area contributed by atoms with E-state index in [-0.39, 0.29) is 12.3 Å². The Labute approximate surface area is 198 Å². The molecule has 176 valence electrons. The van der Waals surface area contributed by atoms with Crippen LogP contribution in [-0.4, -0.2) is 73.3 Å². The van der Waals surface area contributed by atoms with Crippen LogP contribution in [0.2, 0.25) is 0 Å². The van der Waals surface area contributed by atoms with Gasteiger partial charge in [0.2, 0.25) is 5.91 Å². The monoisotopic (exact) mass is 470 g/mol. The normalized spacial score (nSPS) is 20.8. The number of morpholine rings is 1. The quantitative estimate of drug-likeness (QED) is 0.613. The van der Waals surface area contributed by atoms with E-state index in [9.17, 15) is 9.59 Å². The second-order valence-corrected chi connectivity index (χ2v) is 9.12. The van der Waals surface area contributed by atoms with E-state index >= 15 is 0 Å². The Morgan fingerprint density at radius 2 is 2.06 bits per heavy atom. The van der Waals surface area contributed by atoms with Crippen molar-refractivity contribution in [1.82, 2.24) is 15.1 Å². The van der Waals surface area contributed by atoms with E-state index in [4.69, 9.17) is 9.47 Å². The molecule has 0 bridgehead atoms. The van der Waals surface area contributed by atoms with E-state index in [0.717, 1.165) is 54.8 Å². The number of hydrogen-bond acceptors (Lipinski definition) is 8. The maximum Gasteiger partial charge on any atom is 0.338 e. The molecule has 0 spiro atoms. The summed E-state index contributed by atoms with van der Waals surface area (Å²) in [7, 11) is 1.38. The van der Waals surface area contributed by atoms with Crippen molar-refractivity contribution < 1.29 is 19.1 Å². The third-order valence-corrected chi connectivity index (χ3v) is 6.85. The predicted octanol–water partition coefficient (Wildman–Crippen LogP) is 2.58. The highest BCUT2D eigenvalue weighted by atomic mass is 32.2. The minimum atomic E-state index is -0.409. The summed E-state index contributed by atoms with van der Waals surface area (Å²) < 4.78 is 10.5. The molecule has 33 heavy (non-hydrogen) atoms. The third kappa shape index (κ3) is 5.31. The average Bonchev–Trinajstić information content (AvgIpc) is 3.20. The molecule has 1 amide bonds. The molecule has 1 aromatic carbocycles. The zero-order valence-electron chi connectivity index (χ0n) is 19.3. The zero-order valence-corrected chi connectivity index (χ0v) is 20.1. The van der Waals surface area contributed by atoms with Crippen molar-refractivity contribution in [3.05, 3.63) is 57.8 Å². The summed E-state index contributed by atoms with van der Waals surface area (Å²) in [6.45, 7) is 8.52. The van der Waals surface area contributed by atoms with Gasteiger partial charge < -0.3 is 19.7 Å². The Hall–Kier alpha value is -2.62. The van der Waals surface area contributed by atoms with E-state index in [1.807, 2.05) is 42.4 Å². The molecule has 1 fully saturated rings. The molecule has 1 atom stereocenters. The first-order valence-corrected chi connectivity index (χ1v) is 12.0. The minimum absolute atomic E-state index is 0.0507. The summed E-state index contributed by atoms with van der Waals surface area (Å²) >= 11 is 1.48. The molecule has 4 rings (SSSR count). The van der Waals surface area contributed by atoms with Crippen molar-refractivity contribution >= 4 is 28.8 Å². The molecule has 3 heterocycles. The number of esters is 1. The van der Waals surface area contributed by atoms with Gasteiger partial charge >= 0.3 is 5.97 Å². The molecule has 1 saturated heterocycles. The van der Waals surface area contributed by atoms with Crippen LogP contribution in [-0.2, 0) is 19.1 Å². The molecule has 3 aliphatic rings. The molecule has 0 saturated carbocycles. The molecule has 8 nitrogen and oxygen atoms in total. The Morgan fingerprint density at radius 3 is 2.79 bits per heavy atom. The number of allylic oxidation sites excluding steroid dienone is 1. The van der Waals surface area contributed by atoms with Gasteiger partial charge in [0, 0.05) is 31.9 Å². The number of ether oxygens (including phenoxy) is 2. The number of rotatable bonds is 7. The summed E-state index contributed by atoms with van der Waals surface area (Å²) in [5.74, 6) is -0.460. The largest absolute Gasteiger partial charge is 0.466 e. The van der Waals surface area contributed by atoms with E-state index in [2.05, 4.69) is 21.3 Å². The Morgan fingerprint density at radius 1 is 1.27 bits per heavy atom. The lowest BCUT2D eigenvalue weighted by Gasteiger charge is -2.36. The molecule has 0 aliphatic carbocycles. The number of benzene rings is 1. The van der Waals surface area contributed by atoms with E-state index < -0.39 is 12.0 Å². The number of carbonyl (C=O) groups excluding carboxylic acids is 2. The van der Waals surface area contributed by atoms with Gasteiger partial charge in [-0.25, -0.2) is 9.79 Å². The fourth-order valence-corrected chi connectivity index (χ4v) is 5.27.